The molecule has 8 rings (SSSR count). The largest absolute Gasteiger partial charge is 0.488 e. The van der Waals surface area contributed by atoms with E-state index in [4.69, 9.17) is 19.2 Å². The Labute approximate surface area is 654 Å². The molecule has 1 aromatic heterocycles. The van der Waals surface area contributed by atoms with Gasteiger partial charge in [-0.1, -0.05) is 179 Å². The standard InChI is InChI=1S/C85H107N11O14S/c1-53(2)46-69(77(101)91-68(80(104)105)38-26-27-44-86-81(106)110-84(9,10)11)92-78(102)70(47-56-39-41-61(42-40-56)109-83(6,7)8)93-79(103)73(54(3)4)95-76(100)67(43-45-111-12)90-74(98)55(5)89-72(97)49-87-75(99)71(94-82(107)108-51-66-64-36-24-22-34-62(64)63-35-23-25-37-65(63)66)48-60-50-96(52-88-60)85(57-28-16-13-17-29-57,58-30-18-14-19-31-58)59-32-20-15-21-33-59/h13-25,28-37,39-42,50,52-55,66-71,73H,26-27,38,43-49,51H2,1-12H3,(H,86,106)(H,87,99)(H,89,97)(H,90,98)(H,91,101)(H,92,102)(H,93,103)(H,94,107)(H,95,100)(H,104,105)/t55-,67-,68-,69-,70-,71-,73-/m0/s1. The van der Waals surface area contributed by atoms with Crippen LogP contribution in [0.2, 0.25) is 0 Å². The summed E-state index contributed by atoms with van der Waals surface area (Å²) >= 11 is 1.39. The van der Waals surface area contributed by atoms with Crippen LogP contribution in [0.4, 0.5) is 9.59 Å². The molecular weight excluding hydrogens is 1430 g/mol. The van der Waals surface area contributed by atoms with Crippen molar-refractivity contribution < 1.29 is 67.3 Å². The topological polar surface area (TPSA) is 345 Å². The van der Waals surface area contributed by atoms with Crippen molar-refractivity contribution in [2.45, 2.75) is 186 Å². The Bertz CT molecular complexity index is 4160. The number of aromatic nitrogens is 2. The Balaban J connectivity index is 0.948. The summed E-state index contributed by atoms with van der Waals surface area (Å²) in [6, 6.07) is 43.3. The maximum absolute atomic E-state index is 14.7. The Morgan fingerprint density at radius 1 is 0.523 bits per heavy atom. The molecule has 111 heavy (non-hydrogen) atoms. The Kier molecular flexibility index (Phi) is 30.9. The molecule has 1 heterocycles. The normalized spacial score (nSPS) is 13.9. The predicted molar refractivity (Wildman–Crippen MR) is 426 cm³/mol. The van der Waals surface area contributed by atoms with Gasteiger partial charge in [-0.3, -0.25) is 33.6 Å². The predicted octanol–water partition coefficient (Wildman–Crippen LogP) is 9.87. The molecule has 0 aliphatic heterocycles. The minimum absolute atomic E-state index is 0.00505. The third-order valence-electron chi connectivity index (χ3n) is 18.6. The monoisotopic (exact) mass is 1540 g/mol. The fourth-order valence-electron chi connectivity index (χ4n) is 13.3. The van der Waals surface area contributed by atoms with Crippen molar-refractivity contribution in [2.24, 2.45) is 11.8 Å². The minimum Gasteiger partial charge on any atom is -0.488 e. The van der Waals surface area contributed by atoms with Crippen molar-refractivity contribution in [3.8, 4) is 16.9 Å². The average Bonchev–Trinajstić information content (AvgIpc) is 0.846. The molecule has 6 aromatic carbocycles. The zero-order valence-electron chi connectivity index (χ0n) is 65.4. The van der Waals surface area contributed by atoms with Crippen molar-refractivity contribution in [3.63, 3.8) is 0 Å². The molecule has 0 unspecified atom stereocenters. The van der Waals surface area contributed by atoms with Gasteiger partial charge in [0.15, 0.2) is 0 Å². The maximum Gasteiger partial charge on any atom is 0.407 e. The first-order valence-corrected chi connectivity index (χ1v) is 39.1. The van der Waals surface area contributed by atoms with Crippen LogP contribution >= 0.6 is 11.8 Å². The fraction of sp³-hybridized carbons (Fsp3) is 0.424. The van der Waals surface area contributed by atoms with E-state index in [1.165, 1.54) is 18.7 Å². The molecule has 1 aliphatic carbocycles. The van der Waals surface area contributed by atoms with E-state index in [1.54, 1.807) is 65.2 Å². The van der Waals surface area contributed by atoms with Crippen LogP contribution in [-0.2, 0) is 66.2 Å². The van der Waals surface area contributed by atoms with Crippen molar-refractivity contribution >= 4 is 71.3 Å². The molecule has 0 saturated carbocycles. The van der Waals surface area contributed by atoms with Gasteiger partial charge in [-0.2, -0.15) is 11.8 Å². The second kappa shape index (κ2) is 40.1. The molecule has 26 heteroatoms. The minimum atomic E-state index is -1.37. The van der Waals surface area contributed by atoms with E-state index in [-0.39, 0.29) is 57.1 Å². The summed E-state index contributed by atoms with van der Waals surface area (Å²) < 4.78 is 19.2. The summed E-state index contributed by atoms with van der Waals surface area (Å²) in [6.45, 7) is 18.8. The number of fused-ring (bicyclic) bond motifs is 3. The number of unbranched alkanes of at least 4 members (excludes halogenated alkanes) is 1. The molecule has 9 amide bonds. The highest BCUT2D eigenvalue weighted by molar-refractivity contribution is 7.98. The number of nitrogens with zero attached hydrogens (tertiary/aromatic N) is 2. The van der Waals surface area contributed by atoms with Crippen LogP contribution in [0.15, 0.2) is 176 Å². The number of nitrogens with one attached hydrogen (secondary N) is 9. The van der Waals surface area contributed by atoms with Crippen molar-refractivity contribution in [1.29, 1.82) is 0 Å². The van der Waals surface area contributed by atoms with Gasteiger partial charge in [0.1, 0.15) is 71.4 Å². The molecule has 7 atom stereocenters. The molecule has 1 aliphatic rings. The van der Waals surface area contributed by atoms with Gasteiger partial charge in [0.05, 0.1) is 18.6 Å². The third kappa shape index (κ3) is 24.7. The molecule has 0 bridgehead atoms. The Morgan fingerprint density at radius 3 is 1.59 bits per heavy atom. The van der Waals surface area contributed by atoms with Gasteiger partial charge in [0, 0.05) is 31.5 Å². The number of benzene rings is 6. The molecule has 25 nitrogen and oxygen atoms in total. The number of imidazole rings is 1. The highest BCUT2D eigenvalue weighted by atomic mass is 32.2. The quantitative estimate of drug-likeness (QED) is 0.0127. The number of carbonyl (C=O) groups is 10. The van der Waals surface area contributed by atoms with Gasteiger partial charge < -0.3 is 71.7 Å². The number of aliphatic carboxylic acids is 1. The second-order valence-corrected chi connectivity index (χ2v) is 31.5. The molecule has 0 saturated heterocycles. The van der Waals surface area contributed by atoms with E-state index >= 15 is 0 Å². The van der Waals surface area contributed by atoms with Crippen LogP contribution in [0.1, 0.15) is 153 Å². The maximum atomic E-state index is 14.7. The van der Waals surface area contributed by atoms with Gasteiger partial charge in [-0.25, -0.2) is 19.4 Å². The molecule has 592 valence electrons. The number of carboxylic acids is 1. The number of alkyl carbamates (subject to hydrolysis) is 2. The van der Waals surface area contributed by atoms with E-state index in [2.05, 4.69) is 47.9 Å². The van der Waals surface area contributed by atoms with Gasteiger partial charge >= 0.3 is 18.2 Å². The lowest BCUT2D eigenvalue weighted by atomic mass is 9.77. The van der Waals surface area contributed by atoms with Crippen LogP contribution in [0.5, 0.6) is 5.75 Å². The van der Waals surface area contributed by atoms with Gasteiger partial charge in [-0.05, 0) is 161 Å². The number of carboxylic acid groups (broad SMARTS) is 1. The van der Waals surface area contributed by atoms with Crippen molar-refractivity contribution in [3.05, 3.63) is 215 Å². The lowest BCUT2D eigenvalue weighted by molar-refractivity contribution is -0.142. The van der Waals surface area contributed by atoms with Crippen LogP contribution < -0.4 is 52.6 Å². The van der Waals surface area contributed by atoms with E-state index in [0.717, 1.165) is 38.9 Å². The lowest BCUT2D eigenvalue weighted by Gasteiger charge is -2.37. The summed E-state index contributed by atoms with van der Waals surface area (Å²) in [5.74, 6) is -6.88. The Morgan fingerprint density at radius 2 is 1.05 bits per heavy atom. The van der Waals surface area contributed by atoms with Crippen LogP contribution in [-0.4, -0.2) is 159 Å². The second-order valence-electron chi connectivity index (χ2n) is 30.5. The Hall–Kier alpha value is -11.0. The zero-order chi connectivity index (χ0) is 80.6. The summed E-state index contributed by atoms with van der Waals surface area (Å²) in [5.41, 5.74) is 5.61. The molecular formula is C85H107N11O14S. The van der Waals surface area contributed by atoms with E-state index in [9.17, 15) is 53.1 Å². The molecule has 7 aromatic rings. The van der Waals surface area contributed by atoms with Gasteiger partial charge in [-0.15, -0.1) is 0 Å². The summed E-state index contributed by atoms with van der Waals surface area (Å²) in [4.78, 5) is 144. The first-order valence-electron chi connectivity index (χ1n) is 37.7. The SMILES string of the molecule is CSCC[C@H](NC(=O)[C@H](C)NC(=O)CNC(=O)[C@H](Cc1cn(C(c2ccccc2)(c2ccccc2)c2ccccc2)cn1)NC(=O)OCC1c2ccccc2-c2ccccc21)C(=O)N[C@H](C(=O)N[C@@H](Cc1ccc(OC(C)(C)C)cc1)C(=O)N[C@@H](CC(C)C)C(=O)N[C@@H](CCCCNC(=O)OC(C)(C)C)C(=O)O)C(C)C. The highest BCUT2D eigenvalue weighted by Gasteiger charge is 2.40. The lowest BCUT2D eigenvalue weighted by Crippen LogP contribution is -2.61. The number of ether oxygens (including phenoxy) is 3. The molecule has 10 N–H and O–H groups in total. The number of thioether (sulfide) groups is 1. The van der Waals surface area contributed by atoms with Gasteiger partial charge in [0.2, 0.25) is 41.4 Å². The molecule has 0 spiro atoms. The average molecular weight is 1540 g/mol. The number of carbonyl (C=O) groups excluding carboxylic acids is 9. The summed E-state index contributed by atoms with van der Waals surface area (Å²) in [7, 11) is 0. The summed E-state index contributed by atoms with van der Waals surface area (Å²) in [5, 5.41) is 34.5. The molecule has 0 fully saturated rings. The van der Waals surface area contributed by atoms with Crippen LogP contribution in [0.25, 0.3) is 11.1 Å². The van der Waals surface area contributed by atoms with Gasteiger partial charge in [0.25, 0.3) is 0 Å². The van der Waals surface area contributed by atoms with E-state index < -0.39 is 131 Å². The highest BCUT2D eigenvalue weighted by Crippen LogP contribution is 2.45. The summed E-state index contributed by atoms with van der Waals surface area (Å²) in [6.07, 6.45) is 4.40. The molecule has 0 radical (unpaired) electrons. The zero-order valence-corrected chi connectivity index (χ0v) is 66.2. The number of amides is 9. The first-order chi connectivity index (χ1) is 52.8. The number of rotatable bonds is 38. The van der Waals surface area contributed by atoms with E-state index in [0.29, 0.717) is 35.6 Å². The van der Waals surface area contributed by atoms with Crippen LogP contribution in [0, 0.1) is 11.8 Å². The first kappa shape index (κ1) is 85.6. The van der Waals surface area contributed by atoms with Crippen LogP contribution in [0.3, 0.4) is 0 Å². The smallest absolute Gasteiger partial charge is 0.407 e. The van der Waals surface area contributed by atoms with E-state index in [1.807, 2.05) is 191 Å². The third-order valence-corrected chi connectivity index (χ3v) is 19.3. The van der Waals surface area contributed by atoms with Crippen molar-refractivity contribution in [1.82, 2.24) is 57.4 Å². The fourth-order valence-corrected chi connectivity index (χ4v) is 13.8. The van der Waals surface area contributed by atoms with Crippen molar-refractivity contribution in [2.75, 3.05) is 31.7 Å². The number of hydrogen-bond acceptors (Lipinski definition) is 15. The number of hydrogen-bond donors (Lipinski definition) is 10.